The van der Waals surface area contributed by atoms with Gasteiger partial charge in [0.2, 0.25) is 0 Å². The highest BCUT2D eigenvalue weighted by atomic mass is 16.7. The van der Waals surface area contributed by atoms with Gasteiger partial charge in [-0.25, -0.2) is 0 Å². The summed E-state index contributed by atoms with van der Waals surface area (Å²) in [5.74, 6) is 0. The first-order valence-electron chi connectivity index (χ1n) is 7.03. The number of hydrogen-bond donors (Lipinski definition) is 2. The second-order valence-corrected chi connectivity index (χ2v) is 6.18. The molecule has 0 atom stereocenters. The van der Waals surface area contributed by atoms with Crippen molar-refractivity contribution < 1.29 is 19.5 Å². The number of aliphatic hydroxyl groups is 2. The molecule has 2 N–H and O–H groups in total. The van der Waals surface area contributed by atoms with E-state index < -0.39 is 18.3 Å². The molecule has 2 heterocycles. The van der Waals surface area contributed by atoms with Crippen molar-refractivity contribution in [1.82, 2.24) is 4.98 Å². The lowest BCUT2D eigenvalue weighted by molar-refractivity contribution is 0.00578. The van der Waals surface area contributed by atoms with Gasteiger partial charge in [0.15, 0.2) is 0 Å². The molecule has 1 aliphatic heterocycles. The van der Waals surface area contributed by atoms with Crippen molar-refractivity contribution in [2.75, 3.05) is 6.61 Å². The molecule has 2 rings (SSSR count). The first-order chi connectivity index (χ1) is 9.79. The number of nitrogens with zero attached hydrogens (tertiary/aromatic N) is 1. The van der Waals surface area contributed by atoms with Crippen molar-refractivity contribution >= 4 is 13.2 Å². The summed E-state index contributed by atoms with van der Waals surface area (Å²) < 4.78 is 11.8. The normalized spacial score (nSPS) is 20.9. The average molecular weight is 291 g/mol. The Morgan fingerprint density at radius 2 is 1.81 bits per heavy atom. The molecule has 114 valence electrons. The minimum atomic E-state index is -0.598. The molecule has 6 heteroatoms. The fourth-order valence-corrected chi connectivity index (χ4v) is 2.04. The predicted molar refractivity (Wildman–Crippen MR) is 81.3 cm³/mol. The zero-order chi connectivity index (χ0) is 15.7. The molecular weight excluding hydrogens is 269 g/mol. The van der Waals surface area contributed by atoms with Crippen LogP contribution in [0.2, 0.25) is 0 Å². The Labute approximate surface area is 125 Å². The highest BCUT2D eigenvalue weighted by molar-refractivity contribution is 6.55. The number of rotatable bonds is 4. The van der Waals surface area contributed by atoms with Crippen LogP contribution >= 0.6 is 0 Å². The van der Waals surface area contributed by atoms with Gasteiger partial charge in [0, 0.05) is 0 Å². The predicted octanol–water partition coefficient (Wildman–Crippen LogP) is 1.58. The van der Waals surface area contributed by atoms with Gasteiger partial charge in [-0.15, -0.1) is 0 Å². The lowest BCUT2D eigenvalue weighted by Crippen LogP contribution is -2.41. The summed E-state index contributed by atoms with van der Waals surface area (Å²) in [5.41, 5.74) is 0.935. The van der Waals surface area contributed by atoms with Gasteiger partial charge in [-0.3, -0.25) is 4.98 Å². The molecule has 21 heavy (non-hydrogen) atoms. The Balaban J connectivity index is 2.26. The minimum absolute atomic E-state index is 0.118. The quantitative estimate of drug-likeness (QED) is 0.824. The molecular formula is C15H22BNO4. The average Bonchev–Trinajstić information content (AvgIpc) is 2.65. The van der Waals surface area contributed by atoms with Crippen LogP contribution in [-0.2, 0) is 15.9 Å². The topological polar surface area (TPSA) is 71.8 Å². The maximum Gasteiger partial charge on any atom is 0.492 e. The van der Waals surface area contributed by atoms with Gasteiger partial charge in [-0.05, 0) is 51.4 Å². The van der Waals surface area contributed by atoms with E-state index in [0.29, 0.717) is 16.9 Å². The summed E-state index contributed by atoms with van der Waals surface area (Å²) >= 11 is 0. The molecule has 1 aromatic heterocycles. The molecule has 0 amide bonds. The fraction of sp³-hybridized carbons (Fsp3) is 0.533. The van der Waals surface area contributed by atoms with E-state index in [1.807, 2.05) is 33.8 Å². The standard InChI is InChI=1S/C15H22BNO4/c1-14(2)15(3,4)21-16(20-14)11(9-18)8-12-6-5-7-13(10-19)17-12/h5-8,18-19H,9-10H2,1-4H3. The number of aliphatic hydroxyl groups excluding tert-OH is 2. The third-order valence-electron chi connectivity index (χ3n) is 4.06. The molecule has 0 unspecified atom stereocenters. The van der Waals surface area contributed by atoms with E-state index in [-0.39, 0.29) is 13.2 Å². The van der Waals surface area contributed by atoms with Gasteiger partial charge in [0.05, 0.1) is 35.8 Å². The van der Waals surface area contributed by atoms with Gasteiger partial charge in [0.25, 0.3) is 0 Å². The van der Waals surface area contributed by atoms with Crippen molar-refractivity contribution in [3.8, 4) is 0 Å². The molecule has 0 spiro atoms. The zero-order valence-corrected chi connectivity index (χ0v) is 13.0. The molecule has 0 bridgehead atoms. The van der Waals surface area contributed by atoms with Gasteiger partial charge >= 0.3 is 7.12 Å². The minimum Gasteiger partial charge on any atom is -0.400 e. The summed E-state index contributed by atoms with van der Waals surface area (Å²) in [7, 11) is -0.598. The summed E-state index contributed by atoms with van der Waals surface area (Å²) in [6.45, 7) is 7.56. The van der Waals surface area contributed by atoms with Crippen LogP contribution in [0.25, 0.3) is 6.08 Å². The van der Waals surface area contributed by atoms with E-state index in [2.05, 4.69) is 4.98 Å². The van der Waals surface area contributed by atoms with Crippen molar-refractivity contribution in [3.05, 3.63) is 35.1 Å². The van der Waals surface area contributed by atoms with Gasteiger partial charge in [-0.1, -0.05) is 6.07 Å². The van der Waals surface area contributed by atoms with Crippen molar-refractivity contribution in [3.63, 3.8) is 0 Å². The summed E-state index contributed by atoms with van der Waals surface area (Å²) in [4.78, 5) is 4.27. The van der Waals surface area contributed by atoms with Gasteiger partial charge in [0.1, 0.15) is 0 Å². The van der Waals surface area contributed by atoms with E-state index in [9.17, 15) is 5.11 Å². The monoisotopic (exact) mass is 291 g/mol. The Morgan fingerprint density at radius 1 is 1.19 bits per heavy atom. The molecule has 1 fully saturated rings. The van der Waals surface area contributed by atoms with Gasteiger partial charge in [-0.2, -0.15) is 0 Å². The molecule has 5 nitrogen and oxygen atoms in total. The summed E-state index contributed by atoms with van der Waals surface area (Å²) in [6.07, 6.45) is 1.74. The third-order valence-corrected chi connectivity index (χ3v) is 4.06. The van der Waals surface area contributed by atoms with Crippen LogP contribution in [0.1, 0.15) is 39.1 Å². The van der Waals surface area contributed by atoms with Crippen LogP contribution in [0.5, 0.6) is 0 Å². The largest absolute Gasteiger partial charge is 0.492 e. The zero-order valence-electron chi connectivity index (χ0n) is 13.0. The first-order valence-corrected chi connectivity index (χ1v) is 7.03. The van der Waals surface area contributed by atoms with Crippen LogP contribution in [0.15, 0.2) is 23.7 Å². The number of hydrogen-bond acceptors (Lipinski definition) is 5. The molecule has 0 aliphatic carbocycles. The molecule has 0 saturated carbocycles. The number of pyridine rings is 1. The first kappa shape index (κ1) is 16.2. The summed E-state index contributed by atoms with van der Waals surface area (Å²) in [6, 6.07) is 5.36. The van der Waals surface area contributed by atoms with Crippen molar-refractivity contribution in [1.29, 1.82) is 0 Å². The van der Waals surface area contributed by atoms with Crippen LogP contribution in [-0.4, -0.2) is 40.1 Å². The molecule has 0 aromatic carbocycles. The van der Waals surface area contributed by atoms with Gasteiger partial charge < -0.3 is 19.5 Å². The lowest BCUT2D eigenvalue weighted by Gasteiger charge is -2.32. The fourth-order valence-electron chi connectivity index (χ4n) is 2.04. The maximum absolute atomic E-state index is 9.61. The maximum atomic E-state index is 9.61. The Kier molecular flexibility index (Phi) is 4.53. The molecule has 1 aliphatic rings. The van der Waals surface area contributed by atoms with Crippen LogP contribution < -0.4 is 0 Å². The van der Waals surface area contributed by atoms with E-state index >= 15 is 0 Å². The van der Waals surface area contributed by atoms with Crippen LogP contribution in [0.3, 0.4) is 0 Å². The Morgan fingerprint density at radius 3 is 2.33 bits per heavy atom. The van der Waals surface area contributed by atoms with E-state index in [1.165, 1.54) is 0 Å². The second kappa shape index (κ2) is 5.89. The van der Waals surface area contributed by atoms with E-state index in [4.69, 9.17) is 14.4 Å². The second-order valence-electron chi connectivity index (χ2n) is 6.18. The third kappa shape index (κ3) is 3.35. The van der Waals surface area contributed by atoms with E-state index in [1.54, 1.807) is 18.2 Å². The van der Waals surface area contributed by atoms with Crippen molar-refractivity contribution in [2.24, 2.45) is 0 Å². The molecule has 1 saturated heterocycles. The molecule has 1 aromatic rings. The molecule has 0 radical (unpaired) electrons. The lowest BCUT2D eigenvalue weighted by atomic mass is 9.78. The number of aromatic nitrogens is 1. The highest BCUT2D eigenvalue weighted by Gasteiger charge is 2.52. The van der Waals surface area contributed by atoms with Crippen LogP contribution in [0, 0.1) is 0 Å². The smallest absolute Gasteiger partial charge is 0.400 e. The van der Waals surface area contributed by atoms with Crippen molar-refractivity contribution in [2.45, 2.75) is 45.5 Å². The Bertz CT molecular complexity index is 526. The summed E-state index contributed by atoms with van der Waals surface area (Å²) in [5, 5.41) is 18.7. The highest BCUT2D eigenvalue weighted by Crippen LogP contribution is 2.38. The van der Waals surface area contributed by atoms with E-state index in [0.717, 1.165) is 0 Å². The van der Waals surface area contributed by atoms with Crippen LogP contribution in [0.4, 0.5) is 0 Å². The SMILES string of the molecule is CC1(C)OB(C(=Cc2cccc(CO)n2)CO)OC1(C)C. The Hall–Kier alpha value is -1.21.